The minimum Gasteiger partial charge on any atom is -0.450 e. The molecule has 0 aliphatic carbocycles. The lowest BCUT2D eigenvalue weighted by molar-refractivity contribution is -0.132. The van der Waals surface area contributed by atoms with E-state index < -0.39 is 0 Å². The Bertz CT molecular complexity index is 497. The number of aromatic nitrogens is 1. The third-order valence-electron chi connectivity index (χ3n) is 3.26. The van der Waals surface area contributed by atoms with E-state index in [0.29, 0.717) is 39.2 Å². The van der Waals surface area contributed by atoms with Gasteiger partial charge in [0.15, 0.2) is 5.13 Å². The monoisotopic (exact) mass is 312 g/mol. The van der Waals surface area contributed by atoms with Gasteiger partial charge in [0.1, 0.15) is 0 Å². The van der Waals surface area contributed by atoms with E-state index in [-0.39, 0.29) is 12.0 Å². The lowest BCUT2D eigenvalue weighted by Gasteiger charge is -2.34. The predicted octanol–water partition coefficient (Wildman–Crippen LogP) is 1.03. The molecule has 2 heterocycles. The average molecular weight is 312 g/mol. The molecule has 21 heavy (non-hydrogen) atoms. The van der Waals surface area contributed by atoms with E-state index in [1.165, 1.54) is 11.3 Å². The number of carbonyl (C=O) groups excluding carboxylic acids is 2. The topological polar surface area (TPSA) is 74.8 Å². The van der Waals surface area contributed by atoms with Crippen LogP contribution >= 0.6 is 11.3 Å². The van der Waals surface area contributed by atoms with Crippen LogP contribution in [0.2, 0.25) is 0 Å². The van der Waals surface area contributed by atoms with Gasteiger partial charge < -0.3 is 19.9 Å². The first-order valence-electron chi connectivity index (χ1n) is 6.95. The van der Waals surface area contributed by atoms with Gasteiger partial charge in [-0.15, -0.1) is 11.3 Å². The molecule has 0 spiro atoms. The molecule has 0 radical (unpaired) electrons. The fourth-order valence-corrected chi connectivity index (χ4v) is 2.79. The van der Waals surface area contributed by atoms with Gasteiger partial charge in [0.05, 0.1) is 18.7 Å². The zero-order valence-electron chi connectivity index (χ0n) is 12.3. The first kappa shape index (κ1) is 15.6. The third kappa shape index (κ3) is 4.07. The molecular weight excluding hydrogens is 292 g/mol. The van der Waals surface area contributed by atoms with Crippen LogP contribution in [-0.4, -0.2) is 66.6 Å². The molecule has 1 fully saturated rings. The van der Waals surface area contributed by atoms with Gasteiger partial charge in [0.2, 0.25) is 5.91 Å². The standard InChI is InChI=1S/C13H20N4O3S/c1-3-20-13(19)17-6-4-16(5-7-17)11(18)8-10-9-21-12(14-2)15-10/h9H,3-8H2,1-2H3,(H,14,15). The highest BCUT2D eigenvalue weighted by Crippen LogP contribution is 2.15. The van der Waals surface area contributed by atoms with Crippen molar-refractivity contribution in [3.05, 3.63) is 11.1 Å². The maximum Gasteiger partial charge on any atom is 0.409 e. The second-order valence-electron chi connectivity index (χ2n) is 4.64. The fraction of sp³-hybridized carbons (Fsp3) is 0.615. The van der Waals surface area contributed by atoms with E-state index >= 15 is 0 Å². The lowest BCUT2D eigenvalue weighted by Crippen LogP contribution is -2.51. The van der Waals surface area contributed by atoms with Crippen LogP contribution < -0.4 is 5.32 Å². The van der Waals surface area contributed by atoms with Gasteiger partial charge in [-0.2, -0.15) is 0 Å². The van der Waals surface area contributed by atoms with Gasteiger partial charge in [0, 0.05) is 38.6 Å². The Labute approximate surface area is 127 Å². The van der Waals surface area contributed by atoms with Crippen molar-refractivity contribution in [2.24, 2.45) is 0 Å². The number of amides is 2. The predicted molar refractivity (Wildman–Crippen MR) is 80.5 cm³/mol. The van der Waals surface area contributed by atoms with E-state index in [1.807, 2.05) is 5.38 Å². The maximum atomic E-state index is 12.2. The lowest BCUT2D eigenvalue weighted by atomic mass is 10.2. The number of thiazole rings is 1. The molecule has 1 N–H and O–H groups in total. The highest BCUT2D eigenvalue weighted by Gasteiger charge is 2.25. The number of ether oxygens (including phenoxy) is 1. The Morgan fingerprint density at radius 1 is 1.33 bits per heavy atom. The molecule has 1 aromatic heterocycles. The summed E-state index contributed by atoms with van der Waals surface area (Å²) < 4.78 is 4.96. The van der Waals surface area contributed by atoms with Crippen molar-refractivity contribution < 1.29 is 14.3 Å². The smallest absolute Gasteiger partial charge is 0.409 e. The van der Waals surface area contributed by atoms with Crippen molar-refractivity contribution in [1.29, 1.82) is 0 Å². The summed E-state index contributed by atoms with van der Waals surface area (Å²) in [5.74, 6) is 0.0476. The van der Waals surface area contributed by atoms with Crippen LogP contribution in [-0.2, 0) is 16.0 Å². The van der Waals surface area contributed by atoms with Crippen LogP contribution in [0.4, 0.5) is 9.93 Å². The molecule has 8 heteroatoms. The van der Waals surface area contributed by atoms with E-state index in [2.05, 4.69) is 10.3 Å². The number of nitrogens with zero attached hydrogens (tertiary/aromatic N) is 3. The van der Waals surface area contributed by atoms with Crippen LogP contribution in [0.3, 0.4) is 0 Å². The molecule has 0 saturated carbocycles. The second kappa shape index (κ2) is 7.26. The summed E-state index contributed by atoms with van der Waals surface area (Å²) >= 11 is 1.49. The fourth-order valence-electron chi connectivity index (χ4n) is 2.12. The number of anilines is 1. The summed E-state index contributed by atoms with van der Waals surface area (Å²) in [6.45, 7) is 4.27. The van der Waals surface area contributed by atoms with Gasteiger partial charge in [-0.05, 0) is 6.92 Å². The number of carbonyl (C=O) groups is 2. The summed E-state index contributed by atoms with van der Waals surface area (Å²) in [4.78, 5) is 31.5. The van der Waals surface area contributed by atoms with Crippen molar-refractivity contribution >= 4 is 28.5 Å². The molecule has 0 bridgehead atoms. The first-order valence-corrected chi connectivity index (χ1v) is 7.83. The Morgan fingerprint density at radius 3 is 2.57 bits per heavy atom. The van der Waals surface area contributed by atoms with E-state index in [9.17, 15) is 9.59 Å². The molecule has 1 saturated heterocycles. The molecule has 2 rings (SSSR count). The molecule has 1 aliphatic heterocycles. The quantitative estimate of drug-likeness (QED) is 0.899. The summed E-state index contributed by atoms with van der Waals surface area (Å²) in [5, 5.41) is 5.65. The Hall–Kier alpha value is -1.83. The Morgan fingerprint density at radius 2 is 2.00 bits per heavy atom. The minimum absolute atomic E-state index is 0.0476. The zero-order valence-corrected chi connectivity index (χ0v) is 13.1. The Balaban J connectivity index is 1.81. The highest BCUT2D eigenvalue weighted by atomic mass is 32.1. The minimum atomic E-state index is -0.303. The van der Waals surface area contributed by atoms with E-state index in [0.717, 1.165) is 10.8 Å². The van der Waals surface area contributed by atoms with Crippen molar-refractivity contribution in [3.63, 3.8) is 0 Å². The summed E-state index contributed by atoms with van der Waals surface area (Å²) in [6.07, 6.45) is 0.000163. The number of piperazine rings is 1. The van der Waals surface area contributed by atoms with E-state index in [1.54, 1.807) is 23.8 Å². The summed E-state index contributed by atoms with van der Waals surface area (Å²) in [7, 11) is 1.80. The van der Waals surface area contributed by atoms with Crippen LogP contribution in [0.1, 0.15) is 12.6 Å². The van der Waals surface area contributed by atoms with Crippen molar-refractivity contribution in [2.45, 2.75) is 13.3 Å². The summed E-state index contributed by atoms with van der Waals surface area (Å²) in [5.41, 5.74) is 0.780. The molecule has 0 aromatic carbocycles. The van der Waals surface area contributed by atoms with Gasteiger partial charge >= 0.3 is 6.09 Å². The summed E-state index contributed by atoms with van der Waals surface area (Å²) in [6, 6.07) is 0. The van der Waals surface area contributed by atoms with Gasteiger partial charge in [-0.3, -0.25) is 4.79 Å². The first-order chi connectivity index (χ1) is 10.1. The largest absolute Gasteiger partial charge is 0.450 e. The number of hydrogen-bond acceptors (Lipinski definition) is 6. The van der Waals surface area contributed by atoms with Crippen LogP contribution in [0, 0.1) is 0 Å². The molecule has 1 aliphatic rings. The number of rotatable bonds is 4. The number of nitrogens with one attached hydrogen (secondary N) is 1. The maximum absolute atomic E-state index is 12.2. The number of hydrogen-bond donors (Lipinski definition) is 1. The molecule has 0 unspecified atom stereocenters. The normalized spacial score (nSPS) is 15.0. The SMILES string of the molecule is CCOC(=O)N1CCN(C(=O)Cc2csc(NC)n2)CC1. The van der Waals surface area contributed by atoms with Crippen LogP contribution in [0.5, 0.6) is 0 Å². The second-order valence-corrected chi connectivity index (χ2v) is 5.50. The van der Waals surface area contributed by atoms with Gasteiger partial charge in [-0.1, -0.05) is 0 Å². The molecular formula is C13H20N4O3S. The molecule has 1 aromatic rings. The van der Waals surface area contributed by atoms with Crippen molar-refractivity contribution in [2.75, 3.05) is 45.2 Å². The van der Waals surface area contributed by atoms with Gasteiger partial charge in [0.25, 0.3) is 0 Å². The van der Waals surface area contributed by atoms with Gasteiger partial charge in [-0.25, -0.2) is 9.78 Å². The molecule has 0 atom stereocenters. The third-order valence-corrected chi connectivity index (χ3v) is 4.16. The Kier molecular flexibility index (Phi) is 5.38. The highest BCUT2D eigenvalue weighted by molar-refractivity contribution is 7.13. The molecule has 116 valence electrons. The van der Waals surface area contributed by atoms with E-state index in [4.69, 9.17) is 4.74 Å². The zero-order chi connectivity index (χ0) is 15.2. The van der Waals surface area contributed by atoms with Crippen molar-refractivity contribution in [1.82, 2.24) is 14.8 Å². The average Bonchev–Trinajstić information content (AvgIpc) is 2.95. The molecule has 7 nitrogen and oxygen atoms in total. The van der Waals surface area contributed by atoms with Crippen LogP contribution in [0.25, 0.3) is 0 Å². The molecule has 2 amide bonds. The van der Waals surface area contributed by atoms with Crippen molar-refractivity contribution in [3.8, 4) is 0 Å². The van der Waals surface area contributed by atoms with Crippen LogP contribution in [0.15, 0.2) is 5.38 Å².